The molecular formula is C22H22ClF2N3O4. The number of carboxylic acid groups (broad SMARTS) is 1. The van der Waals surface area contributed by atoms with Crippen LogP contribution in [-0.2, 0) is 4.79 Å². The van der Waals surface area contributed by atoms with Crippen LogP contribution in [-0.4, -0.2) is 47.4 Å². The summed E-state index contributed by atoms with van der Waals surface area (Å²) in [7, 11) is 1.45. The molecule has 0 bridgehead atoms. The Morgan fingerprint density at radius 1 is 1.25 bits per heavy atom. The molecule has 3 unspecified atom stereocenters. The van der Waals surface area contributed by atoms with E-state index in [9.17, 15) is 18.4 Å². The first-order valence-corrected chi connectivity index (χ1v) is 10.2. The van der Waals surface area contributed by atoms with E-state index in [1.54, 1.807) is 30.3 Å². The van der Waals surface area contributed by atoms with E-state index in [4.69, 9.17) is 21.4 Å². The maximum absolute atomic E-state index is 13.7. The monoisotopic (exact) mass is 465 g/mol. The second-order valence-corrected chi connectivity index (χ2v) is 7.68. The van der Waals surface area contributed by atoms with Crippen molar-refractivity contribution >= 4 is 29.2 Å². The number of rotatable bonds is 8. The molecule has 2 N–H and O–H groups in total. The van der Waals surface area contributed by atoms with Crippen molar-refractivity contribution in [3.8, 4) is 5.75 Å². The predicted octanol–water partition coefficient (Wildman–Crippen LogP) is 4.19. The number of ether oxygens (including phenoxy) is 1. The van der Waals surface area contributed by atoms with Crippen molar-refractivity contribution in [1.82, 2.24) is 10.3 Å². The van der Waals surface area contributed by atoms with E-state index in [2.05, 4.69) is 10.4 Å². The number of hydrogen-bond donors (Lipinski definition) is 2. The summed E-state index contributed by atoms with van der Waals surface area (Å²) in [5.74, 6) is -2.78. The predicted molar refractivity (Wildman–Crippen MR) is 115 cm³/mol. The molecule has 2 aromatic carbocycles. The number of carbonyl (C=O) groups is 2. The summed E-state index contributed by atoms with van der Waals surface area (Å²) in [6, 6.07) is 11.9. The van der Waals surface area contributed by atoms with Crippen LogP contribution in [0.4, 0.5) is 8.78 Å². The van der Waals surface area contributed by atoms with Gasteiger partial charge in [0, 0.05) is 12.1 Å². The molecule has 0 fully saturated rings. The van der Waals surface area contributed by atoms with E-state index in [-0.39, 0.29) is 5.56 Å². The number of hydrazone groups is 1. The van der Waals surface area contributed by atoms with Gasteiger partial charge in [0.15, 0.2) is 0 Å². The van der Waals surface area contributed by atoms with Gasteiger partial charge in [-0.3, -0.25) is 9.80 Å². The highest BCUT2D eigenvalue weighted by Gasteiger charge is 2.46. The van der Waals surface area contributed by atoms with E-state index in [1.165, 1.54) is 30.3 Å². The van der Waals surface area contributed by atoms with Gasteiger partial charge in [0.05, 0.1) is 11.6 Å². The summed E-state index contributed by atoms with van der Waals surface area (Å²) in [5.41, 5.74) is 0.169. The second-order valence-electron chi connectivity index (χ2n) is 7.24. The van der Waals surface area contributed by atoms with Crippen LogP contribution in [0.15, 0.2) is 53.6 Å². The van der Waals surface area contributed by atoms with Gasteiger partial charge in [-0.1, -0.05) is 36.7 Å². The lowest BCUT2D eigenvalue weighted by Crippen LogP contribution is -2.47. The van der Waals surface area contributed by atoms with Gasteiger partial charge in [-0.15, -0.1) is 0 Å². The van der Waals surface area contributed by atoms with Crippen molar-refractivity contribution < 1.29 is 28.2 Å². The first-order chi connectivity index (χ1) is 15.2. The van der Waals surface area contributed by atoms with Gasteiger partial charge in [-0.2, -0.15) is 5.10 Å². The minimum absolute atomic E-state index is 0.106. The van der Waals surface area contributed by atoms with E-state index in [1.807, 2.05) is 6.92 Å². The van der Waals surface area contributed by atoms with Gasteiger partial charge >= 0.3 is 5.97 Å². The van der Waals surface area contributed by atoms with Gasteiger partial charge < -0.3 is 15.2 Å². The molecule has 0 aromatic heterocycles. The molecular weight excluding hydrogens is 444 g/mol. The molecule has 0 saturated carbocycles. The number of nitrogens with one attached hydrogen (secondary N) is 1. The minimum Gasteiger partial charge on any atom is -0.478 e. The molecule has 0 aliphatic carbocycles. The van der Waals surface area contributed by atoms with Crippen LogP contribution in [0, 0.1) is 5.92 Å². The van der Waals surface area contributed by atoms with Crippen LogP contribution in [0.1, 0.15) is 35.3 Å². The van der Waals surface area contributed by atoms with Crippen molar-refractivity contribution in [3.05, 3.63) is 64.7 Å². The molecule has 1 heterocycles. The van der Waals surface area contributed by atoms with Crippen LogP contribution >= 0.6 is 11.6 Å². The zero-order valence-corrected chi connectivity index (χ0v) is 18.1. The zero-order valence-electron chi connectivity index (χ0n) is 17.3. The first-order valence-electron chi connectivity index (χ1n) is 9.86. The molecule has 7 nitrogen and oxygen atoms in total. The number of hydrogen-bond acceptors (Lipinski definition) is 5. The Balaban J connectivity index is 1.83. The zero-order chi connectivity index (χ0) is 23.4. The third-order valence-electron chi connectivity index (χ3n) is 5.09. The lowest BCUT2D eigenvalue weighted by atomic mass is 9.98. The number of carboxylic acids is 1. The van der Waals surface area contributed by atoms with Gasteiger partial charge in [0.2, 0.25) is 12.1 Å². The molecule has 10 heteroatoms. The minimum atomic E-state index is -2.95. The van der Waals surface area contributed by atoms with Crippen LogP contribution < -0.4 is 10.1 Å². The van der Waals surface area contributed by atoms with E-state index in [0.29, 0.717) is 22.8 Å². The van der Waals surface area contributed by atoms with E-state index >= 15 is 0 Å². The molecule has 3 rings (SSSR count). The maximum atomic E-state index is 13.7. The second kappa shape index (κ2) is 9.95. The Hall–Kier alpha value is -3.20. The van der Waals surface area contributed by atoms with Crippen molar-refractivity contribution in [2.45, 2.75) is 32.0 Å². The topological polar surface area (TPSA) is 91.2 Å². The number of amides is 1. The van der Waals surface area contributed by atoms with Gasteiger partial charge in [0.25, 0.3) is 6.43 Å². The van der Waals surface area contributed by atoms with Gasteiger partial charge in [-0.05, 0) is 42.3 Å². The Morgan fingerprint density at radius 2 is 1.94 bits per heavy atom. The van der Waals surface area contributed by atoms with Gasteiger partial charge in [0.1, 0.15) is 17.4 Å². The SMILES string of the molecule is CCC(NC(=O)C1C(C(F)F)=NN(C)C1Oc1cccc(Cl)c1)c1ccc(C(=O)O)cc1. The van der Waals surface area contributed by atoms with Crippen LogP contribution in [0.2, 0.25) is 5.02 Å². The van der Waals surface area contributed by atoms with E-state index < -0.39 is 42.2 Å². The highest BCUT2D eigenvalue weighted by molar-refractivity contribution is 6.30. The fourth-order valence-corrected chi connectivity index (χ4v) is 3.65. The number of alkyl halides is 2. The van der Waals surface area contributed by atoms with Gasteiger partial charge in [-0.25, -0.2) is 13.6 Å². The number of aromatic carboxylic acids is 1. The lowest BCUT2D eigenvalue weighted by Gasteiger charge is -2.27. The van der Waals surface area contributed by atoms with E-state index in [0.717, 1.165) is 0 Å². The Labute approximate surface area is 188 Å². The smallest absolute Gasteiger partial charge is 0.335 e. The third-order valence-corrected chi connectivity index (χ3v) is 5.32. The normalized spacial score (nSPS) is 18.9. The van der Waals surface area contributed by atoms with Crippen LogP contribution in [0.25, 0.3) is 0 Å². The van der Waals surface area contributed by atoms with Crippen molar-refractivity contribution in [2.75, 3.05) is 7.05 Å². The molecule has 0 saturated heterocycles. The maximum Gasteiger partial charge on any atom is 0.335 e. The molecule has 2 aromatic rings. The molecule has 32 heavy (non-hydrogen) atoms. The first kappa shape index (κ1) is 23.5. The molecule has 170 valence electrons. The Kier molecular flexibility index (Phi) is 7.29. The fourth-order valence-electron chi connectivity index (χ4n) is 3.47. The summed E-state index contributed by atoms with van der Waals surface area (Å²) in [6.07, 6.45) is -3.58. The number of halogens is 3. The molecule has 1 aliphatic rings. The lowest BCUT2D eigenvalue weighted by molar-refractivity contribution is -0.128. The highest BCUT2D eigenvalue weighted by Crippen LogP contribution is 2.29. The number of carbonyl (C=O) groups excluding carboxylic acids is 1. The quantitative estimate of drug-likeness (QED) is 0.610. The molecule has 1 aliphatic heterocycles. The average molecular weight is 466 g/mol. The summed E-state index contributed by atoms with van der Waals surface area (Å²) in [5, 5.41) is 17.3. The third kappa shape index (κ3) is 5.16. The van der Waals surface area contributed by atoms with Crippen LogP contribution in [0.5, 0.6) is 5.75 Å². The number of nitrogens with zero attached hydrogens (tertiary/aromatic N) is 2. The van der Waals surface area contributed by atoms with Crippen molar-refractivity contribution in [2.24, 2.45) is 11.0 Å². The molecule has 0 spiro atoms. The summed E-state index contributed by atoms with van der Waals surface area (Å²) in [4.78, 5) is 24.2. The van der Waals surface area contributed by atoms with Crippen molar-refractivity contribution in [1.29, 1.82) is 0 Å². The molecule has 0 radical (unpaired) electrons. The Morgan fingerprint density at radius 3 is 2.50 bits per heavy atom. The summed E-state index contributed by atoms with van der Waals surface area (Å²) < 4.78 is 33.2. The molecule has 3 atom stereocenters. The Bertz CT molecular complexity index is 1020. The summed E-state index contributed by atoms with van der Waals surface area (Å²) in [6.45, 7) is 1.82. The highest BCUT2D eigenvalue weighted by atomic mass is 35.5. The standard InChI is InChI=1S/C22H22ClF2N3O4/c1-3-16(12-7-9-13(10-8-12)22(30)31)26-20(29)17-18(19(24)25)27-28(2)21(17)32-15-6-4-5-14(23)11-15/h4-11,16-17,19,21H,3H2,1-2H3,(H,26,29)(H,30,31). The average Bonchev–Trinajstić information content (AvgIpc) is 3.08. The van der Waals surface area contributed by atoms with Crippen LogP contribution in [0.3, 0.4) is 0 Å². The fraction of sp³-hybridized carbons (Fsp3) is 0.318. The largest absolute Gasteiger partial charge is 0.478 e. The van der Waals surface area contributed by atoms with Crippen molar-refractivity contribution in [3.63, 3.8) is 0 Å². The summed E-state index contributed by atoms with van der Waals surface area (Å²) >= 11 is 5.97. The molecule has 1 amide bonds. The number of benzene rings is 2.